The number of aromatic hydroxyl groups is 1. The monoisotopic (exact) mass is 435 g/mol. The SMILES string of the molecule is CN1CCC23Cc4[nH]c(=O)c(C(=O)N5CCCC5)cc4C[C@@]2(O)[C@H]1Cc1ccc(O)cc13. The van der Waals surface area contributed by atoms with Crippen molar-refractivity contribution < 1.29 is 15.0 Å². The first-order valence-corrected chi connectivity index (χ1v) is 11.6. The molecule has 2 aliphatic carbocycles. The van der Waals surface area contributed by atoms with Gasteiger partial charge in [-0.05, 0) is 74.2 Å². The van der Waals surface area contributed by atoms with Gasteiger partial charge in [0.1, 0.15) is 11.3 Å². The Hall–Kier alpha value is -2.64. The van der Waals surface area contributed by atoms with Crippen LogP contribution >= 0.6 is 0 Å². The molecular weight excluding hydrogens is 406 g/mol. The third-order valence-electron chi connectivity index (χ3n) is 8.60. The number of fused-ring (bicyclic) bond motifs is 2. The van der Waals surface area contributed by atoms with Crippen molar-refractivity contribution in [3.05, 3.63) is 62.6 Å². The summed E-state index contributed by atoms with van der Waals surface area (Å²) in [6.07, 6.45) is 4.26. The Morgan fingerprint density at radius 2 is 1.91 bits per heavy atom. The van der Waals surface area contributed by atoms with Crippen molar-refractivity contribution in [1.29, 1.82) is 0 Å². The number of amides is 1. The van der Waals surface area contributed by atoms with Crippen LogP contribution in [0.3, 0.4) is 0 Å². The molecule has 1 unspecified atom stereocenters. The van der Waals surface area contributed by atoms with E-state index in [4.69, 9.17) is 0 Å². The molecule has 7 nitrogen and oxygen atoms in total. The van der Waals surface area contributed by atoms with Crippen molar-refractivity contribution in [2.24, 2.45) is 0 Å². The molecule has 2 aliphatic heterocycles. The van der Waals surface area contributed by atoms with Crippen molar-refractivity contribution in [2.45, 2.75) is 55.6 Å². The van der Waals surface area contributed by atoms with Gasteiger partial charge in [-0.1, -0.05) is 6.07 Å². The minimum absolute atomic E-state index is 0.0638. The molecule has 0 spiro atoms. The number of nitrogens with zero attached hydrogens (tertiary/aromatic N) is 2. The van der Waals surface area contributed by atoms with E-state index in [2.05, 4.69) is 16.9 Å². The Kier molecular flexibility index (Phi) is 4.18. The first-order valence-electron chi connectivity index (χ1n) is 11.6. The number of benzene rings is 1. The summed E-state index contributed by atoms with van der Waals surface area (Å²) in [6.45, 7) is 2.22. The van der Waals surface area contributed by atoms with Gasteiger partial charge in [0.2, 0.25) is 0 Å². The smallest absolute Gasteiger partial charge is 0.261 e. The van der Waals surface area contributed by atoms with Crippen molar-refractivity contribution >= 4 is 5.91 Å². The quantitative estimate of drug-likeness (QED) is 0.628. The van der Waals surface area contributed by atoms with Crippen molar-refractivity contribution in [1.82, 2.24) is 14.8 Å². The van der Waals surface area contributed by atoms with E-state index in [0.29, 0.717) is 32.4 Å². The fourth-order valence-electron chi connectivity index (χ4n) is 6.90. The van der Waals surface area contributed by atoms with Crippen LogP contribution in [0.15, 0.2) is 29.1 Å². The highest BCUT2D eigenvalue weighted by Gasteiger charge is 2.64. The molecule has 2 fully saturated rings. The number of carbonyl (C=O) groups is 1. The zero-order valence-corrected chi connectivity index (χ0v) is 18.4. The van der Waals surface area contributed by atoms with Crippen molar-refractivity contribution in [3.8, 4) is 5.75 Å². The number of hydrogen-bond acceptors (Lipinski definition) is 5. The maximum atomic E-state index is 13.0. The molecular formula is C25H29N3O4. The number of pyridine rings is 1. The van der Waals surface area contributed by atoms with E-state index in [9.17, 15) is 19.8 Å². The number of aliphatic hydroxyl groups is 1. The molecule has 6 rings (SSSR count). The average Bonchev–Trinajstić information content (AvgIpc) is 3.30. The maximum Gasteiger partial charge on any atom is 0.261 e. The van der Waals surface area contributed by atoms with Crippen LogP contribution in [0.2, 0.25) is 0 Å². The summed E-state index contributed by atoms with van der Waals surface area (Å²) in [7, 11) is 2.06. The number of phenols is 1. The lowest BCUT2D eigenvalue weighted by atomic mass is 9.49. The summed E-state index contributed by atoms with van der Waals surface area (Å²) in [5.41, 5.74) is 2.01. The molecule has 168 valence electrons. The highest BCUT2D eigenvalue weighted by atomic mass is 16.3. The van der Waals surface area contributed by atoms with E-state index in [1.807, 2.05) is 6.07 Å². The van der Waals surface area contributed by atoms with Gasteiger partial charge in [0, 0.05) is 43.1 Å². The minimum Gasteiger partial charge on any atom is -0.508 e. The highest BCUT2D eigenvalue weighted by Crippen LogP contribution is 2.56. The fourth-order valence-corrected chi connectivity index (χ4v) is 6.90. The molecule has 1 amide bonds. The molecule has 1 aromatic heterocycles. The predicted molar refractivity (Wildman–Crippen MR) is 119 cm³/mol. The number of nitrogens with one attached hydrogen (secondary N) is 1. The predicted octanol–water partition coefficient (Wildman–Crippen LogP) is 1.34. The number of phenolic OH excluding ortho intramolecular Hbond substituents is 1. The van der Waals surface area contributed by atoms with Crippen LogP contribution in [0.5, 0.6) is 5.75 Å². The summed E-state index contributed by atoms with van der Waals surface area (Å²) in [6, 6.07) is 7.15. The largest absolute Gasteiger partial charge is 0.508 e. The summed E-state index contributed by atoms with van der Waals surface area (Å²) in [5, 5.41) is 22.6. The molecule has 3 atom stereocenters. The summed E-state index contributed by atoms with van der Waals surface area (Å²) in [5.74, 6) is -0.0150. The number of likely N-dealkylation sites (tertiary alicyclic amines) is 2. The number of aromatic nitrogens is 1. The van der Waals surface area contributed by atoms with Gasteiger partial charge >= 0.3 is 0 Å². The van der Waals surface area contributed by atoms with E-state index in [1.54, 1.807) is 23.1 Å². The number of rotatable bonds is 1. The van der Waals surface area contributed by atoms with Gasteiger partial charge in [0.05, 0.1) is 5.60 Å². The van der Waals surface area contributed by atoms with Crippen LogP contribution in [0.1, 0.15) is 52.0 Å². The van der Waals surface area contributed by atoms with E-state index < -0.39 is 11.0 Å². The van der Waals surface area contributed by atoms with Crippen LogP contribution in [-0.2, 0) is 24.7 Å². The second kappa shape index (κ2) is 6.68. The Labute approximate surface area is 186 Å². The molecule has 0 saturated carbocycles. The highest BCUT2D eigenvalue weighted by molar-refractivity contribution is 5.94. The molecule has 2 aromatic rings. The standard InChI is InChI=1S/C25H29N3O4/c1-27-9-6-24-14-20-16(10-18(22(30)26-20)23(31)28-7-2-3-8-28)13-25(24,32)21(27)11-15-4-5-17(29)12-19(15)24/h4-5,10,12,21,29,32H,2-3,6-9,11,13-14H2,1H3,(H,26,30)/t21-,24?,25-/m1/s1. The molecule has 0 radical (unpaired) electrons. The second-order valence-corrected chi connectivity index (χ2v) is 10.2. The number of piperidine rings is 1. The van der Waals surface area contributed by atoms with Gasteiger partial charge in [-0.2, -0.15) is 0 Å². The van der Waals surface area contributed by atoms with Crippen molar-refractivity contribution in [2.75, 3.05) is 26.7 Å². The number of likely N-dealkylation sites (N-methyl/N-ethyl adjacent to an activating group) is 1. The van der Waals surface area contributed by atoms with Crippen LogP contribution in [0, 0.1) is 0 Å². The second-order valence-electron chi connectivity index (χ2n) is 10.2. The zero-order chi connectivity index (χ0) is 22.3. The molecule has 3 N–H and O–H groups in total. The van der Waals surface area contributed by atoms with Gasteiger partial charge in [-0.3, -0.25) is 9.59 Å². The lowest BCUT2D eigenvalue weighted by molar-refractivity contribution is -0.145. The van der Waals surface area contributed by atoms with Crippen LogP contribution in [0.4, 0.5) is 0 Å². The van der Waals surface area contributed by atoms with E-state index >= 15 is 0 Å². The molecule has 1 aromatic carbocycles. The minimum atomic E-state index is -1.04. The van der Waals surface area contributed by atoms with Crippen LogP contribution < -0.4 is 5.56 Å². The van der Waals surface area contributed by atoms with Gasteiger partial charge in [-0.15, -0.1) is 0 Å². The lowest BCUT2D eigenvalue weighted by Gasteiger charge is -2.63. The van der Waals surface area contributed by atoms with E-state index in [0.717, 1.165) is 48.2 Å². The van der Waals surface area contributed by atoms with Crippen molar-refractivity contribution in [3.63, 3.8) is 0 Å². The van der Waals surface area contributed by atoms with Gasteiger partial charge in [0.25, 0.3) is 11.5 Å². The van der Waals surface area contributed by atoms with Gasteiger partial charge < -0.3 is 25.0 Å². The third-order valence-corrected chi connectivity index (χ3v) is 8.60. The van der Waals surface area contributed by atoms with E-state index in [1.165, 1.54) is 0 Å². The number of aromatic amines is 1. The first kappa shape index (κ1) is 20.0. The number of H-pyrrole nitrogens is 1. The Bertz CT molecular complexity index is 1180. The Morgan fingerprint density at radius 1 is 1.12 bits per heavy atom. The van der Waals surface area contributed by atoms with Gasteiger partial charge in [-0.25, -0.2) is 0 Å². The number of carbonyl (C=O) groups excluding carboxylic acids is 1. The summed E-state index contributed by atoms with van der Waals surface area (Å²) in [4.78, 5) is 32.9. The van der Waals surface area contributed by atoms with Crippen LogP contribution in [-0.4, -0.2) is 69.2 Å². The normalized spacial score (nSPS) is 31.1. The number of hydrogen-bond donors (Lipinski definition) is 3. The molecule has 4 aliphatic rings. The lowest BCUT2D eigenvalue weighted by Crippen LogP contribution is -2.73. The average molecular weight is 436 g/mol. The summed E-state index contributed by atoms with van der Waals surface area (Å²) >= 11 is 0. The van der Waals surface area contributed by atoms with E-state index in [-0.39, 0.29) is 28.8 Å². The summed E-state index contributed by atoms with van der Waals surface area (Å²) < 4.78 is 0. The van der Waals surface area contributed by atoms with Crippen LogP contribution in [0.25, 0.3) is 0 Å². The zero-order valence-electron chi connectivity index (χ0n) is 18.4. The van der Waals surface area contributed by atoms with Gasteiger partial charge in [0.15, 0.2) is 0 Å². The topological polar surface area (TPSA) is 96.9 Å². The first-order chi connectivity index (χ1) is 15.3. The Balaban J connectivity index is 1.50. The Morgan fingerprint density at radius 3 is 2.69 bits per heavy atom. The fraction of sp³-hybridized carbons (Fsp3) is 0.520. The molecule has 32 heavy (non-hydrogen) atoms. The third kappa shape index (κ3) is 2.55. The maximum absolute atomic E-state index is 13.0. The molecule has 7 heteroatoms. The molecule has 3 heterocycles. The molecule has 2 bridgehead atoms. The molecule has 2 saturated heterocycles.